The van der Waals surface area contributed by atoms with Crippen molar-refractivity contribution in [1.82, 2.24) is 19.9 Å². The second-order valence-electron chi connectivity index (χ2n) is 3.95. The molecule has 0 saturated heterocycles. The van der Waals surface area contributed by atoms with Gasteiger partial charge in [0.2, 0.25) is 0 Å². The van der Waals surface area contributed by atoms with Gasteiger partial charge in [0, 0.05) is 6.54 Å². The van der Waals surface area contributed by atoms with Gasteiger partial charge in [0.1, 0.15) is 11.8 Å². The summed E-state index contributed by atoms with van der Waals surface area (Å²) in [5.74, 6) is 0.797. The Morgan fingerprint density at radius 3 is 3.00 bits per heavy atom. The monoisotopic (exact) mass is 259 g/mol. The van der Waals surface area contributed by atoms with Crippen molar-refractivity contribution in [2.45, 2.75) is 19.9 Å². The molecular weight excluding hydrogens is 246 g/mol. The summed E-state index contributed by atoms with van der Waals surface area (Å²) in [4.78, 5) is 15.5. The first-order valence-corrected chi connectivity index (χ1v) is 6.74. The number of rotatable bonds is 4. The van der Waals surface area contributed by atoms with Gasteiger partial charge in [-0.25, -0.2) is 15.0 Å². The van der Waals surface area contributed by atoms with Crippen LogP contribution in [0.3, 0.4) is 0 Å². The smallest absolute Gasteiger partial charge is 0.182 e. The number of nitrogens with one attached hydrogen (secondary N) is 2. The van der Waals surface area contributed by atoms with Crippen molar-refractivity contribution >= 4 is 28.3 Å². The summed E-state index contributed by atoms with van der Waals surface area (Å²) >= 11 is 1.74. The number of thiophene rings is 1. The van der Waals surface area contributed by atoms with Crippen LogP contribution in [0.2, 0.25) is 0 Å². The molecule has 3 rings (SSSR count). The van der Waals surface area contributed by atoms with E-state index in [-0.39, 0.29) is 0 Å². The summed E-state index contributed by atoms with van der Waals surface area (Å²) in [7, 11) is 0. The first kappa shape index (κ1) is 11.2. The molecule has 0 unspecified atom stereocenters. The summed E-state index contributed by atoms with van der Waals surface area (Å²) in [5.41, 5.74) is 4.26. The minimum atomic E-state index is 0.688. The third kappa shape index (κ3) is 1.95. The number of aromatic nitrogens is 4. The third-order valence-electron chi connectivity index (χ3n) is 2.88. The van der Waals surface area contributed by atoms with Crippen LogP contribution in [0, 0.1) is 0 Å². The summed E-state index contributed by atoms with van der Waals surface area (Å²) in [5, 5.41) is 7.71. The number of fused-ring (bicyclic) bond motifs is 1. The molecule has 0 spiro atoms. The van der Waals surface area contributed by atoms with E-state index in [1.807, 2.05) is 0 Å². The van der Waals surface area contributed by atoms with E-state index in [0.29, 0.717) is 5.65 Å². The van der Waals surface area contributed by atoms with Gasteiger partial charge in [-0.3, -0.25) is 0 Å². The second-order valence-corrected chi connectivity index (χ2v) is 4.70. The quantitative estimate of drug-likeness (QED) is 0.755. The van der Waals surface area contributed by atoms with Crippen LogP contribution in [0.1, 0.15) is 18.1 Å². The molecule has 0 fully saturated rings. The molecule has 0 aliphatic rings. The number of nitrogens with zero attached hydrogens (tertiary/aromatic N) is 3. The normalized spacial score (nSPS) is 10.9. The van der Waals surface area contributed by atoms with Gasteiger partial charge in [0.15, 0.2) is 11.5 Å². The second kappa shape index (κ2) is 4.73. The number of imidazole rings is 1. The Bertz CT molecular complexity index is 657. The topological polar surface area (TPSA) is 66.5 Å². The fourth-order valence-corrected chi connectivity index (χ4v) is 2.84. The Labute approximate surface area is 108 Å². The molecule has 0 aliphatic heterocycles. The van der Waals surface area contributed by atoms with E-state index in [0.717, 1.165) is 24.3 Å². The maximum atomic E-state index is 4.24. The summed E-state index contributed by atoms with van der Waals surface area (Å²) in [6.07, 6.45) is 4.22. The first-order chi connectivity index (χ1) is 8.88. The molecule has 0 saturated carbocycles. The van der Waals surface area contributed by atoms with E-state index in [1.54, 1.807) is 17.7 Å². The van der Waals surface area contributed by atoms with Gasteiger partial charge < -0.3 is 10.3 Å². The number of aryl methyl sites for hydroxylation is 1. The van der Waals surface area contributed by atoms with Crippen molar-refractivity contribution in [3.8, 4) is 0 Å². The molecule has 0 aliphatic carbocycles. The summed E-state index contributed by atoms with van der Waals surface area (Å²) < 4.78 is 0. The number of hydrogen-bond acceptors (Lipinski definition) is 5. The van der Waals surface area contributed by atoms with Crippen LogP contribution in [-0.2, 0) is 13.0 Å². The zero-order valence-electron chi connectivity index (χ0n) is 9.97. The average molecular weight is 259 g/mol. The number of aromatic amines is 1. The highest BCUT2D eigenvalue weighted by molar-refractivity contribution is 7.08. The molecule has 0 aromatic carbocycles. The predicted molar refractivity (Wildman–Crippen MR) is 72.7 cm³/mol. The molecular formula is C12H13N5S. The number of hydrogen-bond donors (Lipinski definition) is 2. The van der Waals surface area contributed by atoms with Crippen LogP contribution < -0.4 is 5.32 Å². The zero-order chi connectivity index (χ0) is 12.4. The highest BCUT2D eigenvalue weighted by Gasteiger charge is 2.07. The summed E-state index contributed by atoms with van der Waals surface area (Å²) in [6.45, 7) is 2.95. The van der Waals surface area contributed by atoms with E-state index in [1.165, 1.54) is 17.5 Å². The standard InChI is InChI=1S/C12H13N5S/c1-2-8-4-18-5-9(8)3-13-11-10-12(15-6-14-10)17-7-16-11/h4-7H,2-3H2,1H3,(H2,13,14,15,16,17). The average Bonchev–Trinajstić information content (AvgIpc) is 3.04. The summed E-state index contributed by atoms with van der Waals surface area (Å²) in [6, 6.07) is 0. The maximum absolute atomic E-state index is 4.24. The Morgan fingerprint density at radius 1 is 1.22 bits per heavy atom. The molecule has 0 atom stereocenters. The number of H-pyrrole nitrogens is 1. The largest absolute Gasteiger partial charge is 0.364 e. The van der Waals surface area contributed by atoms with Gasteiger partial charge in [-0.15, -0.1) is 0 Å². The van der Waals surface area contributed by atoms with Crippen molar-refractivity contribution in [3.05, 3.63) is 34.5 Å². The third-order valence-corrected chi connectivity index (χ3v) is 3.72. The highest BCUT2D eigenvalue weighted by atomic mass is 32.1. The van der Waals surface area contributed by atoms with Crippen LogP contribution in [0.25, 0.3) is 11.2 Å². The Hall–Kier alpha value is -1.95. The molecule has 3 aromatic heterocycles. The van der Waals surface area contributed by atoms with Gasteiger partial charge in [0.25, 0.3) is 0 Å². The van der Waals surface area contributed by atoms with Crippen LogP contribution in [-0.4, -0.2) is 19.9 Å². The minimum Gasteiger partial charge on any atom is -0.364 e. The fraction of sp³-hybridized carbons (Fsp3) is 0.250. The molecule has 0 bridgehead atoms. The maximum Gasteiger partial charge on any atom is 0.182 e. The van der Waals surface area contributed by atoms with Gasteiger partial charge in [-0.2, -0.15) is 11.3 Å². The first-order valence-electron chi connectivity index (χ1n) is 5.80. The van der Waals surface area contributed by atoms with Gasteiger partial charge in [0.05, 0.1) is 6.33 Å². The van der Waals surface area contributed by atoms with Crippen molar-refractivity contribution in [3.63, 3.8) is 0 Å². The van der Waals surface area contributed by atoms with E-state index in [2.05, 4.69) is 42.9 Å². The molecule has 2 N–H and O–H groups in total. The van der Waals surface area contributed by atoms with Crippen LogP contribution in [0.4, 0.5) is 5.82 Å². The highest BCUT2D eigenvalue weighted by Crippen LogP contribution is 2.19. The number of anilines is 1. The van der Waals surface area contributed by atoms with Gasteiger partial charge in [-0.05, 0) is 28.3 Å². The van der Waals surface area contributed by atoms with Gasteiger partial charge in [-0.1, -0.05) is 6.92 Å². The molecule has 5 nitrogen and oxygen atoms in total. The van der Waals surface area contributed by atoms with Crippen molar-refractivity contribution in [2.24, 2.45) is 0 Å². The minimum absolute atomic E-state index is 0.688. The van der Waals surface area contributed by atoms with Crippen LogP contribution in [0.5, 0.6) is 0 Å². The lowest BCUT2D eigenvalue weighted by atomic mass is 10.1. The lowest BCUT2D eigenvalue weighted by Gasteiger charge is -2.06. The Balaban J connectivity index is 1.83. The Kier molecular flexibility index (Phi) is 2.93. The molecule has 0 radical (unpaired) electrons. The molecule has 3 heterocycles. The molecule has 92 valence electrons. The SMILES string of the molecule is CCc1cscc1CNc1ncnc2nc[nH]c12. The van der Waals surface area contributed by atoms with Crippen LogP contribution >= 0.6 is 11.3 Å². The van der Waals surface area contributed by atoms with E-state index < -0.39 is 0 Å². The zero-order valence-corrected chi connectivity index (χ0v) is 10.8. The van der Waals surface area contributed by atoms with E-state index in [9.17, 15) is 0 Å². The lowest BCUT2D eigenvalue weighted by Crippen LogP contribution is -2.03. The molecule has 18 heavy (non-hydrogen) atoms. The van der Waals surface area contributed by atoms with Crippen LogP contribution in [0.15, 0.2) is 23.4 Å². The van der Waals surface area contributed by atoms with Crippen molar-refractivity contribution in [1.29, 1.82) is 0 Å². The lowest BCUT2D eigenvalue weighted by molar-refractivity contribution is 1.05. The Morgan fingerprint density at radius 2 is 2.11 bits per heavy atom. The van der Waals surface area contributed by atoms with E-state index in [4.69, 9.17) is 0 Å². The van der Waals surface area contributed by atoms with Crippen molar-refractivity contribution in [2.75, 3.05) is 5.32 Å². The molecule has 0 amide bonds. The fourth-order valence-electron chi connectivity index (χ4n) is 1.89. The predicted octanol–water partition coefficient (Wildman–Crippen LogP) is 2.59. The molecule has 3 aromatic rings. The molecule has 6 heteroatoms. The van der Waals surface area contributed by atoms with Crippen molar-refractivity contribution < 1.29 is 0 Å². The van der Waals surface area contributed by atoms with E-state index >= 15 is 0 Å². The van der Waals surface area contributed by atoms with Gasteiger partial charge >= 0.3 is 0 Å².